The fraction of sp³-hybridized carbons (Fsp3) is 0.333. The molecule has 130 valence electrons. The van der Waals surface area contributed by atoms with E-state index in [1.54, 1.807) is 4.31 Å². The van der Waals surface area contributed by atoms with Crippen LogP contribution >= 0.6 is 0 Å². The molecular weight excluding hydrogens is 330 g/mol. The fourth-order valence-corrected chi connectivity index (χ4v) is 3.88. The molecule has 0 amide bonds. The first-order valence-electron chi connectivity index (χ1n) is 8.17. The Morgan fingerprint density at radius 1 is 1.00 bits per heavy atom. The summed E-state index contributed by atoms with van der Waals surface area (Å²) >= 11 is -1.48. The summed E-state index contributed by atoms with van der Waals surface area (Å²) in [5.41, 5.74) is 1.96. The van der Waals surface area contributed by atoms with E-state index in [2.05, 4.69) is 6.92 Å². The van der Waals surface area contributed by atoms with Crippen LogP contribution in [0, 0.1) is 11.6 Å². The number of benzene rings is 2. The molecule has 3 rings (SSSR count). The average molecular weight is 352 g/mol. The molecule has 1 heterocycles. The lowest BCUT2D eigenvalue weighted by molar-refractivity contribution is 0.509. The molecule has 2 aromatic rings. The molecule has 0 bridgehead atoms. The molecule has 0 fully saturated rings. The first kappa shape index (κ1) is 18.4. The Kier molecular flexibility index (Phi) is 6.31. The third kappa shape index (κ3) is 3.43. The number of halogens is 2. The third-order valence-corrected chi connectivity index (χ3v) is 5.04. The van der Waals surface area contributed by atoms with Gasteiger partial charge >= 0.3 is 0 Å². The summed E-state index contributed by atoms with van der Waals surface area (Å²) in [7, 11) is 0. The van der Waals surface area contributed by atoms with E-state index >= 15 is 0 Å². The number of anilines is 3. The van der Waals surface area contributed by atoms with E-state index in [1.807, 2.05) is 38.1 Å². The molecule has 2 aromatic carbocycles. The molecular formula is C18H22F2N2OS. The van der Waals surface area contributed by atoms with Crippen molar-refractivity contribution in [3.63, 3.8) is 0 Å². The minimum absolute atomic E-state index is 0.378. The minimum Gasteiger partial charge on any atom is -0.272 e. The molecule has 0 saturated carbocycles. The molecule has 0 aliphatic carbocycles. The van der Waals surface area contributed by atoms with Crippen molar-refractivity contribution in [2.24, 2.45) is 0 Å². The molecule has 0 radical (unpaired) electrons. The molecule has 0 spiro atoms. The van der Waals surface area contributed by atoms with Gasteiger partial charge in [0.05, 0.1) is 17.1 Å². The van der Waals surface area contributed by atoms with Gasteiger partial charge in [-0.05, 0) is 30.7 Å². The lowest BCUT2D eigenvalue weighted by Crippen LogP contribution is -2.30. The summed E-state index contributed by atoms with van der Waals surface area (Å²) in [4.78, 5) is 0. The Labute approximate surface area is 144 Å². The van der Waals surface area contributed by atoms with Gasteiger partial charge in [0, 0.05) is 12.6 Å². The molecule has 1 aliphatic rings. The maximum atomic E-state index is 13.5. The monoisotopic (exact) mass is 352 g/mol. The zero-order chi connectivity index (χ0) is 17.7. The summed E-state index contributed by atoms with van der Waals surface area (Å²) in [6.45, 7) is 6.72. The van der Waals surface area contributed by atoms with E-state index in [0.717, 1.165) is 36.3 Å². The Morgan fingerprint density at radius 3 is 2.29 bits per heavy atom. The average Bonchev–Trinajstić information content (AvgIpc) is 2.89. The number of hydrogen-bond donors (Lipinski definition) is 0. The number of rotatable bonds is 4. The van der Waals surface area contributed by atoms with Gasteiger partial charge in [0.2, 0.25) is 11.2 Å². The maximum Gasteiger partial charge on any atom is 0.230 e. The van der Waals surface area contributed by atoms with Crippen LogP contribution in [0.3, 0.4) is 0 Å². The number of nitrogens with zero attached hydrogens (tertiary/aromatic N) is 2. The van der Waals surface area contributed by atoms with Crippen LogP contribution in [0.25, 0.3) is 0 Å². The van der Waals surface area contributed by atoms with Gasteiger partial charge in [0.15, 0.2) is 11.6 Å². The van der Waals surface area contributed by atoms with Crippen molar-refractivity contribution in [3.05, 3.63) is 54.1 Å². The Bertz CT molecular complexity index is 724. The summed E-state index contributed by atoms with van der Waals surface area (Å²) in [6.07, 6.45) is 1.90. The first-order valence-corrected chi connectivity index (χ1v) is 9.23. The van der Waals surface area contributed by atoms with Crippen LogP contribution in [0.15, 0.2) is 42.5 Å². The van der Waals surface area contributed by atoms with Crippen molar-refractivity contribution < 1.29 is 13.0 Å². The number of unbranched alkanes of at least 4 members (excludes halogenated alkanes) is 1. The van der Waals surface area contributed by atoms with Crippen molar-refractivity contribution in [3.8, 4) is 0 Å². The highest BCUT2D eigenvalue weighted by Crippen LogP contribution is 2.43. The van der Waals surface area contributed by atoms with Crippen molar-refractivity contribution in [2.75, 3.05) is 15.2 Å². The topological polar surface area (TPSA) is 23.6 Å². The van der Waals surface area contributed by atoms with Crippen LogP contribution < -0.4 is 8.61 Å². The van der Waals surface area contributed by atoms with E-state index in [-0.39, 0.29) is 0 Å². The number of fused-ring (bicyclic) bond motifs is 1. The second-order valence-electron chi connectivity index (χ2n) is 5.07. The van der Waals surface area contributed by atoms with E-state index < -0.39 is 22.8 Å². The zero-order valence-corrected chi connectivity index (χ0v) is 14.9. The number of para-hydroxylation sites is 2. The van der Waals surface area contributed by atoms with Crippen LogP contribution in [0.4, 0.5) is 25.8 Å². The number of hydrogen-bond acceptors (Lipinski definition) is 1. The van der Waals surface area contributed by atoms with Gasteiger partial charge in [-0.15, -0.1) is 0 Å². The third-order valence-electron chi connectivity index (χ3n) is 3.57. The van der Waals surface area contributed by atoms with Gasteiger partial charge < -0.3 is 0 Å². The Morgan fingerprint density at radius 2 is 1.67 bits per heavy atom. The highest BCUT2D eigenvalue weighted by atomic mass is 32.2. The predicted molar refractivity (Wildman–Crippen MR) is 96.7 cm³/mol. The SMILES string of the molecule is CC.CCCCN1c2ccccc2N(c2ccc(F)c(F)c2)S1=O. The zero-order valence-electron chi connectivity index (χ0n) is 14.1. The maximum absolute atomic E-state index is 13.5. The second kappa shape index (κ2) is 8.24. The van der Waals surface area contributed by atoms with Crippen LogP contribution in [0.1, 0.15) is 33.6 Å². The largest absolute Gasteiger partial charge is 0.272 e. The highest BCUT2D eigenvalue weighted by molar-refractivity contribution is 7.88. The standard InChI is InChI=1S/C16H16F2N2OS.C2H6/c1-2-3-10-19-15-6-4-5-7-16(15)20(22(19)21)12-8-9-13(17)14(18)11-12;1-2/h4-9,11H,2-3,10H2,1H3;1-2H3. The molecule has 0 saturated heterocycles. The van der Waals surface area contributed by atoms with Gasteiger partial charge in [-0.1, -0.05) is 39.3 Å². The fourth-order valence-electron chi connectivity index (χ4n) is 2.45. The van der Waals surface area contributed by atoms with E-state index in [1.165, 1.54) is 10.4 Å². The Balaban J connectivity index is 0.00000100. The lowest BCUT2D eigenvalue weighted by Gasteiger charge is -2.20. The van der Waals surface area contributed by atoms with Crippen molar-refractivity contribution in [2.45, 2.75) is 33.6 Å². The van der Waals surface area contributed by atoms with E-state index in [9.17, 15) is 13.0 Å². The molecule has 0 aromatic heterocycles. The first-order chi connectivity index (χ1) is 11.6. The predicted octanol–water partition coefficient (Wildman–Crippen LogP) is 5.33. The quantitative estimate of drug-likeness (QED) is 0.730. The molecule has 6 heteroatoms. The highest BCUT2D eigenvalue weighted by Gasteiger charge is 2.34. The van der Waals surface area contributed by atoms with Gasteiger partial charge in [-0.3, -0.25) is 4.31 Å². The minimum atomic E-state index is -1.48. The molecule has 24 heavy (non-hydrogen) atoms. The van der Waals surface area contributed by atoms with Crippen LogP contribution in [-0.4, -0.2) is 10.8 Å². The van der Waals surface area contributed by atoms with Gasteiger partial charge in [0.25, 0.3) is 0 Å². The van der Waals surface area contributed by atoms with E-state index in [0.29, 0.717) is 12.2 Å². The van der Waals surface area contributed by atoms with E-state index in [4.69, 9.17) is 0 Å². The Hall–Kier alpha value is -1.95. The van der Waals surface area contributed by atoms with Crippen LogP contribution in [-0.2, 0) is 11.2 Å². The second-order valence-corrected chi connectivity index (χ2v) is 6.34. The normalized spacial score (nSPS) is 15.8. The lowest BCUT2D eigenvalue weighted by atomic mass is 10.2. The van der Waals surface area contributed by atoms with Gasteiger partial charge in [-0.2, -0.15) is 0 Å². The molecule has 1 aliphatic heterocycles. The molecule has 1 unspecified atom stereocenters. The molecule has 0 N–H and O–H groups in total. The molecule has 1 atom stereocenters. The van der Waals surface area contributed by atoms with Crippen molar-refractivity contribution >= 4 is 28.2 Å². The van der Waals surface area contributed by atoms with Crippen LogP contribution in [0.5, 0.6) is 0 Å². The van der Waals surface area contributed by atoms with Crippen LogP contribution in [0.2, 0.25) is 0 Å². The smallest absolute Gasteiger partial charge is 0.230 e. The summed E-state index contributed by atoms with van der Waals surface area (Å²) in [5, 5.41) is 0. The van der Waals surface area contributed by atoms with Crippen molar-refractivity contribution in [1.82, 2.24) is 0 Å². The summed E-state index contributed by atoms with van der Waals surface area (Å²) in [6, 6.07) is 11.0. The van der Waals surface area contributed by atoms with Crippen molar-refractivity contribution in [1.29, 1.82) is 0 Å². The summed E-state index contributed by atoms with van der Waals surface area (Å²) in [5.74, 6) is -1.86. The summed E-state index contributed by atoms with van der Waals surface area (Å²) < 4.78 is 42.8. The van der Waals surface area contributed by atoms with Gasteiger partial charge in [0.1, 0.15) is 0 Å². The molecule has 3 nitrogen and oxygen atoms in total. The van der Waals surface area contributed by atoms with Gasteiger partial charge in [-0.25, -0.2) is 17.3 Å².